The number of ether oxygens (including phenoxy) is 1. The Bertz CT molecular complexity index is 687. The number of carbonyl (C=O) groups is 1. The zero-order valence-corrected chi connectivity index (χ0v) is 12.7. The van der Waals surface area contributed by atoms with Crippen molar-refractivity contribution in [1.82, 2.24) is 5.32 Å². The quantitative estimate of drug-likeness (QED) is 0.922. The summed E-state index contributed by atoms with van der Waals surface area (Å²) in [5.74, 6) is 0.344. The van der Waals surface area contributed by atoms with Gasteiger partial charge in [-0.3, -0.25) is 4.79 Å². The van der Waals surface area contributed by atoms with E-state index in [0.717, 1.165) is 16.7 Å². The van der Waals surface area contributed by atoms with Crippen molar-refractivity contribution < 1.29 is 9.53 Å². The summed E-state index contributed by atoms with van der Waals surface area (Å²) in [5, 5.41) is 11.9. The standard InChI is InChI=1S/C18H18N2O2/c1-13-7-9-15(10-8-13)16(11-19)20-18(21)12-22-17-6-4-3-5-14(17)2/h3-10,16H,12H2,1-2H3,(H,20,21). The fourth-order valence-corrected chi connectivity index (χ4v) is 2.01. The van der Waals surface area contributed by atoms with E-state index >= 15 is 0 Å². The van der Waals surface area contributed by atoms with Gasteiger partial charge in [-0.2, -0.15) is 5.26 Å². The van der Waals surface area contributed by atoms with E-state index in [1.165, 1.54) is 0 Å². The van der Waals surface area contributed by atoms with Crippen LogP contribution in [-0.4, -0.2) is 12.5 Å². The van der Waals surface area contributed by atoms with Crippen LogP contribution in [0.5, 0.6) is 5.75 Å². The Morgan fingerprint density at radius 1 is 1.18 bits per heavy atom. The number of rotatable bonds is 5. The SMILES string of the molecule is Cc1ccc(C(C#N)NC(=O)COc2ccccc2C)cc1. The summed E-state index contributed by atoms with van der Waals surface area (Å²) in [5.41, 5.74) is 2.83. The second-order valence-electron chi connectivity index (χ2n) is 5.09. The van der Waals surface area contributed by atoms with Crippen LogP contribution in [0.4, 0.5) is 0 Å². The fourth-order valence-electron chi connectivity index (χ4n) is 2.01. The molecule has 0 radical (unpaired) electrons. The van der Waals surface area contributed by atoms with Gasteiger partial charge in [0.05, 0.1) is 6.07 Å². The van der Waals surface area contributed by atoms with Gasteiger partial charge in [0, 0.05) is 0 Å². The summed E-state index contributed by atoms with van der Waals surface area (Å²) in [6.45, 7) is 3.77. The Hall–Kier alpha value is -2.80. The molecule has 2 aromatic rings. The number of carbonyl (C=O) groups excluding carboxylic acids is 1. The van der Waals surface area contributed by atoms with Crippen LogP contribution in [0.15, 0.2) is 48.5 Å². The Morgan fingerprint density at radius 3 is 2.50 bits per heavy atom. The lowest BCUT2D eigenvalue weighted by Crippen LogP contribution is -2.32. The zero-order chi connectivity index (χ0) is 15.9. The largest absolute Gasteiger partial charge is 0.484 e. The van der Waals surface area contributed by atoms with Crippen LogP contribution in [-0.2, 0) is 4.79 Å². The van der Waals surface area contributed by atoms with E-state index in [9.17, 15) is 10.1 Å². The molecule has 1 unspecified atom stereocenters. The molecule has 0 heterocycles. The van der Waals surface area contributed by atoms with Crippen molar-refractivity contribution in [3.05, 3.63) is 65.2 Å². The predicted octanol–water partition coefficient (Wildman–Crippen LogP) is 3.06. The van der Waals surface area contributed by atoms with Crippen molar-refractivity contribution in [2.75, 3.05) is 6.61 Å². The van der Waals surface area contributed by atoms with Crippen LogP contribution in [0.25, 0.3) is 0 Å². The smallest absolute Gasteiger partial charge is 0.259 e. The average Bonchev–Trinajstić information content (AvgIpc) is 2.53. The minimum Gasteiger partial charge on any atom is -0.484 e. The lowest BCUT2D eigenvalue weighted by Gasteiger charge is -2.13. The van der Waals surface area contributed by atoms with Crippen LogP contribution in [0.1, 0.15) is 22.7 Å². The summed E-state index contributed by atoms with van der Waals surface area (Å²) in [4.78, 5) is 12.0. The summed E-state index contributed by atoms with van der Waals surface area (Å²) in [6.07, 6.45) is 0. The van der Waals surface area contributed by atoms with Crippen molar-refractivity contribution in [2.45, 2.75) is 19.9 Å². The molecule has 0 saturated heterocycles. The molecule has 0 aliphatic rings. The molecular weight excluding hydrogens is 276 g/mol. The maximum absolute atomic E-state index is 12.0. The maximum atomic E-state index is 12.0. The molecular formula is C18H18N2O2. The highest BCUT2D eigenvalue weighted by molar-refractivity contribution is 5.78. The van der Waals surface area contributed by atoms with Crippen molar-refractivity contribution >= 4 is 5.91 Å². The minimum atomic E-state index is -0.673. The van der Waals surface area contributed by atoms with Crippen molar-refractivity contribution in [1.29, 1.82) is 5.26 Å². The van der Waals surface area contributed by atoms with E-state index in [1.807, 2.05) is 62.4 Å². The molecule has 0 fully saturated rings. The van der Waals surface area contributed by atoms with Crippen LogP contribution in [0.3, 0.4) is 0 Å². The summed E-state index contributed by atoms with van der Waals surface area (Å²) >= 11 is 0. The Labute approximate surface area is 130 Å². The second kappa shape index (κ2) is 7.28. The molecule has 1 N–H and O–H groups in total. The lowest BCUT2D eigenvalue weighted by atomic mass is 10.1. The van der Waals surface area contributed by atoms with E-state index < -0.39 is 6.04 Å². The topological polar surface area (TPSA) is 62.1 Å². The van der Waals surface area contributed by atoms with Crippen LogP contribution in [0.2, 0.25) is 0 Å². The van der Waals surface area contributed by atoms with E-state index in [2.05, 4.69) is 11.4 Å². The molecule has 22 heavy (non-hydrogen) atoms. The highest BCUT2D eigenvalue weighted by Gasteiger charge is 2.14. The number of para-hydroxylation sites is 1. The van der Waals surface area contributed by atoms with Gasteiger partial charge in [0.15, 0.2) is 6.61 Å². The van der Waals surface area contributed by atoms with Gasteiger partial charge in [-0.05, 0) is 31.0 Å². The number of nitrogens with one attached hydrogen (secondary N) is 1. The summed E-state index contributed by atoms with van der Waals surface area (Å²) < 4.78 is 5.48. The molecule has 0 bridgehead atoms. The molecule has 4 heteroatoms. The summed E-state index contributed by atoms with van der Waals surface area (Å²) in [6, 6.07) is 16.4. The van der Waals surface area contributed by atoms with Gasteiger partial charge < -0.3 is 10.1 Å². The second-order valence-corrected chi connectivity index (χ2v) is 5.09. The third-order valence-electron chi connectivity index (χ3n) is 3.30. The number of aryl methyl sites for hydroxylation is 2. The summed E-state index contributed by atoms with van der Waals surface area (Å²) in [7, 11) is 0. The molecule has 0 aliphatic carbocycles. The Kier molecular flexibility index (Phi) is 5.16. The monoisotopic (exact) mass is 294 g/mol. The van der Waals surface area contributed by atoms with Gasteiger partial charge in [0.25, 0.3) is 5.91 Å². The fraction of sp³-hybridized carbons (Fsp3) is 0.222. The number of nitriles is 1. The molecule has 1 atom stereocenters. The molecule has 2 aromatic carbocycles. The maximum Gasteiger partial charge on any atom is 0.259 e. The van der Waals surface area contributed by atoms with E-state index in [1.54, 1.807) is 0 Å². The normalized spacial score (nSPS) is 11.3. The molecule has 2 rings (SSSR count). The molecule has 1 amide bonds. The molecule has 0 saturated carbocycles. The van der Waals surface area contributed by atoms with Gasteiger partial charge in [0.2, 0.25) is 0 Å². The first-order chi connectivity index (χ1) is 10.6. The van der Waals surface area contributed by atoms with E-state index in [-0.39, 0.29) is 12.5 Å². The molecule has 0 spiro atoms. The number of hydrogen-bond acceptors (Lipinski definition) is 3. The third kappa shape index (κ3) is 4.10. The van der Waals surface area contributed by atoms with E-state index in [0.29, 0.717) is 5.75 Å². The number of benzene rings is 2. The molecule has 112 valence electrons. The Morgan fingerprint density at radius 2 is 1.86 bits per heavy atom. The minimum absolute atomic E-state index is 0.116. The molecule has 0 aliphatic heterocycles. The first-order valence-corrected chi connectivity index (χ1v) is 7.04. The van der Waals surface area contributed by atoms with Gasteiger partial charge in [-0.25, -0.2) is 0 Å². The number of amides is 1. The van der Waals surface area contributed by atoms with Crippen molar-refractivity contribution in [3.8, 4) is 11.8 Å². The molecule has 4 nitrogen and oxygen atoms in total. The molecule has 0 aromatic heterocycles. The van der Waals surface area contributed by atoms with Crippen LogP contribution >= 0.6 is 0 Å². The third-order valence-corrected chi connectivity index (χ3v) is 3.30. The first-order valence-electron chi connectivity index (χ1n) is 7.04. The van der Waals surface area contributed by atoms with Gasteiger partial charge in [-0.1, -0.05) is 48.0 Å². The van der Waals surface area contributed by atoms with Crippen LogP contribution < -0.4 is 10.1 Å². The van der Waals surface area contributed by atoms with Gasteiger partial charge >= 0.3 is 0 Å². The highest BCUT2D eigenvalue weighted by atomic mass is 16.5. The number of nitrogens with zero attached hydrogens (tertiary/aromatic N) is 1. The average molecular weight is 294 g/mol. The first kappa shape index (κ1) is 15.6. The predicted molar refractivity (Wildman–Crippen MR) is 84.3 cm³/mol. The van der Waals surface area contributed by atoms with Gasteiger partial charge in [0.1, 0.15) is 11.8 Å². The van der Waals surface area contributed by atoms with Crippen molar-refractivity contribution in [3.63, 3.8) is 0 Å². The Balaban J connectivity index is 1.94. The van der Waals surface area contributed by atoms with Crippen molar-refractivity contribution in [2.24, 2.45) is 0 Å². The van der Waals surface area contributed by atoms with E-state index in [4.69, 9.17) is 4.74 Å². The highest BCUT2D eigenvalue weighted by Crippen LogP contribution is 2.16. The van der Waals surface area contributed by atoms with Gasteiger partial charge in [-0.15, -0.1) is 0 Å². The number of hydrogen-bond donors (Lipinski definition) is 1. The van der Waals surface area contributed by atoms with Crippen LogP contribution in [0, 0.1) is 25.2 Å². The zero-order valence-electron chi connectivity index (χ0n) is 12.7. The lowest BCUT2D eigenvalue weighted by molar-refractivity contribution is -0.123.